The topological polar surface area (TPSA) is 84.0 Å². The maximum Gasteiger partial charge on any atom is 0.338 e. The third kappa shape index (κ3) is 5.13. The zero-order chi connectivity index (χ0) is 23.1. The van der Waals surface area contributed by atoms with Crippen LogP contribution in [0.25, 0.3) is 23.1 Å². The molecule has 7 heteroatoms. The van der Waals surface area contributed by atoms with E-state index in [4.69, 9.17) is 9.47 Å². The summed E-state index contributed by atoms with van der Waals surface area (Å²) in [6.45, 7) is 0. The minimum Gasteiger partial charge on any atom is -0.465 e. The van der Waals surface area contributed by atoms with E-state index in [0.717, 1.165) is 16.5 Å². The van der Waals surface area contributed by atoms with Crippen molar-refractivity contribution in [3.63, 3.8) is 0 Å². The third-order valence-electron chi connectivity index (χ3n) is 4.69. The molecule has 0 bridgehead atoms. The largest absolute Gasteiger partial charge is 0.465 e. The second kappa shape index (κ2) is 10.3. The molecule has 0 aliphatic rings. The number of nitrogens with one attached hydrogen (secondary N) is 1. The highest BCUT2D eigenvalue weighted by atomic mass is 16.5. The molecule has 1 N–H and O–H groups in total. The molecule has 32 heavy (non-hydrogen) atoms. The average molecular weight is 431 g/mol. The Kier molecular flexibility index (Phi) is 7.23. The van der Waals surface area contributed by atoms with Gasteiger partial charge in [-0.05, 0) is 24.3 Å². The van der Waals surface area contributed by atoms with Gasteiger partial charge in [-0.2, -0.15) is 0 Å². The van der Waals surface area contributed by atoms with Gasteiger partial charge in [0.1, 0.15) is 0 Å². The SMILES string of the molecule is COC(=O)C(=C\c1ccccc1N=CN(C)C)/C(=C/c1c[nH]c2ccccc12)C(=O)OC. The van der Waals surface area contributed by atoms with E-state index < -0.39 is 11.9 Å². The van der Waals surface area contributed by atoms with E-state index in [1.165, 1.54) is 14.2 Å². The Labute approximate surface area is 186 Å². The number of hydrogen-bond donors (Lipinski definition) is 1. The molecule has 3 aromatic rings. The van der Waals surface area contributed by atoms with Crippen molar-refractivity contribution in [2.24, 2.45) is 4.99 Å². The van der Waals surface area contributed by atoms with Crippen molar-refractivity contribution in [3.8, 4) is 0 Å². The third-order valence-corrected chi connectivity index (χ3v) is 4.69. The number of carbonyl (C=O) groups excluding carboxylic acids is 2. The van der Waals surface area contributed by atoms with Crippen LogP contribution in [0.4, 0.5) is 5.69 Å². The molecular formula is C25H25N3O4. The smallest absolute Gasteiger partial charge is 0.338 e. The molecule has 0 atom stereocenters. The van der Waals surface area contributed by atoms with Crippen LogP contribution in [0.2, 0.25) is 0 Å². The fourth-order valence-electron chi connectivity index (χ4n) is 3.14. The number of rotatable bonds is 7. The summed E-state index contributed by atoms with van der Waals surface area (Å²) in [5, 5.41) is 0.911. The number of benzene rings is 2. The molecule has 0 radical (unpaired) electrons. The number of methoxy groups -OCH3 is 2. The minimum atomic E-state index is -0.659. The Morgan fingerprint density at radius 3 is 2.12 bits per heavy atom. The first-order valence-electron chi connectivity index (χ1n) is 9.90. The fraction of sp³-hybridized carbons (Fsp3) is 0.160. The van der Waals surface area contributed by atoms with Crippen LogP contribution in [0.3, 0.4) is 0 Å². The molecule has 7 nitrogen and oxygen atoms in total. The molecule has 0 aliphatic carbocycles. The normalized spacial score (nSPS) is 12.2. The molecular weight excluding hydrogens is 406 g/mol. The van der Waals surface area contributed by atoms with Crippen molar-refractivity contribution < 1.29 is 19.1 Å². The summed E-state index contributed by atoms with van der Waals surface area (Å²) in [6, 6.07) is 15.0. The quantitative estimate of drug-likeness (QED) is 0.199. The van der Waals surface area contributed by atoms with Crippen LogP contribution >= 0.6 is 0 Å². The number of ether oxygens (including phenoxy) is 2. The molecule has 0 saturated heterocycles. The second-order valence-electron chi connectivity index (χ2n) is 7.16. The Morgan fingerprint density at radius 2 is 1.47 bits per heavy atom. The lowest BCUT2D eigenvalue weighted by atomic mass is 9.99. The van der Waals surface area contributed by atoms with Gasteiger partial charge >= 0.3 is 11.9 Å². The second-order valence-corrected chi connectivity index (χ2v) is 7.16. The number of aliphatic imine (C=N–C) groups is 1. The fourth-order valence-corrected chi connectivity index (χ4v) is 3.14. The molecule has 0 amide bonds. The lowest BCUT2D eigenvalue weighted by molar-refractivity contribution is -0.139. The summed E-state index contributed by atoms with van der Waals surface area (Å²) in [4.78, 5) is 34.9. The Balaban J connectivity index is 2.20. The molecule has 2 aromatic carbocycles. The van der Waals surface area contributed by atoms with Gasteiger partial charge in [0.25, 0.3) is 0 Å². The summed E-state index contributed by atoms with van der Waals surface area (Å²) in [5.41, 5.74) is 3.09. The van der Waals surface area contributed by atoms with Gasteiger partial charge in [-0.25, -0.2) is 14.6 Å². The van der Waals surface area contributed by atoms with Gasteiger partial charge in [-0.1, -0.05) is 36.4 Å². The highest BCUT2D eigenvalue weighted by Crippen LogP contribution is 2.28. The van der Waals surface area contributed by atoms with E-state index in [1.54, 1.807) is 29.6 Å². The summed E-state index contributed by atoms with van der Waals surface area (Å²) in [6.07, 6.45) is 6.65. The molecule has 0 fully saturated rings. The first-order valence-corrected chi connectivity index (χ1v) is 9.90. The van der Waals surface area contributed by atoms with Crippen LogP contribution in [0.5, 0.6) is 0 Å². The van der Waals surface area contributed by atoms with Crippen LogP contribution in [0.1, 0.15) is 11.1 Å². The number of carbonyl (C=O) groups is 2. The summed E-state index contributed by atoms with van der Waals surface area (Å²) in [7, 11) is 6.27. The number of esters is 2. The number of H-pyrrole nitrogens is 1. The first kappa shape index (κ1) is 22.6. The van der Waals surface area contributed by atoms with Crippen molar-refractivity contribution in [2.45, 2.75) is 0 Å². The number of aromatic amines is 1. The molecule has 164 valence electrons. The van der Waals surface area contributed by atoms with E-state index in [0.29, 0.717) is 11.3 Å². The zero-order valence-electron chi connectivity index (χ0n) is 18.5. The van der Waals surface area contributed by atoms with Gasteiger partial charge in [0.05, 0.1) is 37.4 Å². The monoisotopic (exact) mass is 431 g/mol. The van der Waals surface area contributed by atoms with Crippen LogP contribution < -0.4 is 0 Å². The Morgan fingerprint density at radius 1 is 0.875 bits per heavy atom. The molecule has 0 aliphatic heterocycles. The minimum absolute atomic E-state index is 0.0668. The van der Waals surface area contributed by atoms with Gasteiger partial charge < -0.3 is 19.4 Å². The lowest BCUT2D eigenvalue weighted by Gasteiger charge is -2.11. The van der Waals surface area contributed by atoms with E-state index in [9.17, 15) is 9.59 Å². The molecule has 1 heterocycles. The molecule has 0 saturated carbocycles. The predicted molar refractivity (Wildman–Crippen MR) is 127 cm³/mol. The summed E-state index contributed by atoms with van der Waals surface area (Å²) in [5.74, 6) is -1.31. The first-order chi connectivity index (χ1) is 15.4. The summed E-state index contributed by atoms with van der Waals surface area (Å²) < 4.78 is 9.99. The number of aromatic nitrogens is 1. The van der Waals surface area contributed by atoms with Crippen LogP contribution in [0, 0.1) is 0 Å². The van der Waals surface area contributed by atoms with Gasteiger partial charge in [-0.15, -0.1) is 0 Å². The van der Waals surface area contributed by atoms with Gasteiger partial charge in [-0.3, -0.25) is 0 Å². The predicted octanol–water partition coefficient (Wildman–Crippen LogP) is 4.20. The van der Waals surface area contributed by atoms with Crippen LogP contribution in [0.15, 0.2) is 70.9 Å². The lowest BCUT2D eigenvalue weighted by Crippen LogP contribution is -2.15. The zero-order valence-corrected chi connectivity index (χ0v) is 18.5. The number of para-hydroxylation sites is 2. The highest BCUT2D eigenvalue weighted by molar-refractivity contribution is 6.13. The van der Waals surface area contributed by atoms with Gasteiger partial charge in [0, 0.05) is 42.3 Å². The van der Waals surface area contributed by atoms with E-state index in [-0.39, 0.29) is 11.1 Å². The van der Waals surface area contributed by atoms with Crippen molar-refractivity contribution >= 4 is 47.0 Å². The standard InChI is InChI=1S/C25H25N3O4/c1-28(2)16-27-22-11-7-5-9-17(22)13-20(24(29)31-3)21(25(30)32-4)14-18-15-26-23-12-8-6-10-19(18)23/h5-16,26H,1-4H3/b20-13-,21-14-,27-16?. The van der Waals surface area contributed by atoms with E-state index >= 15 is 0 Å². The van der Waals surface area contributed by atoms with E-state index in [1.807, 2.05) is 62.6 Å². The molecule has 1 aromatic heterocycles. The molecule has 0 unspecified atom stereocenters. The van der Waals surface area contributed by atoms with Gasteiger partial charge in [0.15, 0.2) is 0 Å². The Bertz CT molecular complexity index is 1220. The number of fused-ring (bicyclic) bond motifs is 1. The Hall–Kier alpha value is -4.13. The van der Waals surface area contributed by atoms with E-state index in [2.05, 4.69) is 9.98 Å². The number of nitrogens with zero attached hydrogens (tertiary/aromatic N) is 2. The number of hydrogen-bond acceptors (Lipinski definition) is 5. The molecule has 3 rings (SSSR count). The summed E-state index contributed by atoms with van der Waals surface area (Å²) >= 11 is 0. The van der Waals surface area contributed by atoms with Gasteiger partial charge in [0.2, 0.25) is 0 Å². The van der Waals surface area contributed by atoms with Crippen molar-refractivity contribution in [1.29, 1.82) is 0 Å². The average Bonchev–Trinajstić information content (AvgIpc) is 3.22. The van der Waals surface area contributed by atoms with Crippen LogP contribution in [-0.4, -0.2) is 56.5 Å². The van der Waals surface area contributed by atoms with Crippen LogP contribution in [-0.2, 0) is 19.1 Å². The highest BCUT2D eigenvalue weighted by Gasteiger charge is 2.23. The van der Waals surface area contributed by atoms with Crippen molar-refractivity contribution in [3.05, 3.63) is 77.0 Å². The maximum atomic E-state index is 12.8. The maximum absolute atomic E-state index is 12.8. The van der Waals surface area contributed by atoms with Crippen molar-refractivity contribution in [2.75, 3.05) is 28.3 Å². The molecule has 0 spiro atoms. The van der Waals surface area contributed by atoms with Crippen molar-refractivity contribution in [1.82, 2.24) is 9.88 Å².